The molecule has 0 aliphatic carbocycles. The molecule has 9 heteroatoms. The molecule has 3 heterocycles. The average molecular weight is 489 g/mol. The summed E-state index contributed by atoms with van der Waals surface area (Å²) in [6, 6.07) is 9.65. The van der Waals surface area contributed by atoms with Gasteiger partial charge in [-0.3, -0.25) is 9.78 Å². The molecule has 0 spiro atoms. The Balaban J connectivity index is 1.66. The van der Waals surface area contributed by atoms with Gasteiger partial charge in [-0.15, -0.1) is 0 Å². The second-order valence-electron chi connectivity index (χ2n) is 8.98. The monoisotopic (exact) mass is 488 g/mol. The lowest BCUT2D eigenvalue weighted by molar-refractivity contribution is 0.102. The third-order valence-electron chi connectivity index (χ3n) is 5.93. The maximum Gasteiger partial charge on any atom is 0.275 e. The Kier molecular flexibility index (Phi) is 7.92. The van der Waals surface area contributed by atoms with Crippen LogP contribution in [0.1, 0.15) is 35.6 Å². The molecule has 1 aliphatic heterocycles. The molecule has 188 valence electrons. The molecule has 9 nitrogen and oxygen atoms in total. The smallest absolute Gasteiger partial charge is 0.275 e. The number of amides is 1. The number of carbonyl (C=O) groups excluding carboxylic acids is 1. The van der Waals surface area contributed by atoms with Crippen LogP contribution < -0.4 is 15.5 Å². The van der Waals surface area contributed by atoms with Crippen molar-refractivity contribution < 1.29 is 14.6 Å². The highest BCUT2D eigenvalue weighted by molar-refractivity contribution is 6.03. The summed E-state index contributed by atoms with van der Waals surface area (Å²) in [5.74, 6) is 1.17. The summed E-state index contributed by atoms with van der Waals surface area (Å²) in [5, 5.41) is 15.7. The van der Waals surface area contributed by atoms with E-state index in [4.69, 9.17) is 9.72 Å². The van der Waals surface area contributed by atoms with Gasteiger partial charge in [-0.2, -0.15) is 0 Å². The van der Waals surface area contributed by atoms with Crippen LogP contribution in [0.4, 0.5) is 17.3 Å². The molecular weight excluding hydrogens is 456 g/mol. The van der Waals surface area contributed by atoms with Gasteiger partial charge in [0.05, 0.1) is 37.9 Å². The highest BCUT2D eigenvalue weighted by Gasteiger charge is 2.17. The van der Waals surface area contributed by atoms with Crippen LogP contribution in [0.3, 0.4) is 0 Å². The fraction of sp³-hybridized carbons (Fsp3) is 0.333. The van der Waals surface area contributed by atoms with E-state index in [-0.39, 0.29) is 24.2 Å². The number of aliphatic hydroxyl groups excluding tert-OH is 1. The van der Waals surface area contributed by atoms with Gasteiger partial charge < -0.3 is 25.4 Å². The molecule has 3 aromatic rings. The molecule has 2 aromatic heterocycles. The second-order valence-corrected chi connectivity index (χ2v) is 8.98. The Morgan fingerprint density at radius 2 is 1.92 bits per heavy atom. The first-order chi connectivity index (χ1) is 17.3. The zero-order chi connectivity index (χ0) is 25.7. The first-order valence-corrected chi connectivity index (χ1v) is 12.0. The molecule has 1 aromatic carbocycles. The molecule has 1 aliphatic rings. The van der Waals surface area contributed by atoms with Crippen LogP contribution in [-0.2, 0) is 4.74 Å². The first kappa shape index (κ1) is 25.3. The van der Waals surface area contributed by atoms with Crippen molar-refractivity contribution in [2.75, 3.05) is 48.4 Å². The number of nitrogens with zero attached hydrogens (tertiary/aromatic N) is 4. The standard InChI is InChI=1S/C27H32N6O3/c1-17(2)23-14-28-15-24(31-23)27(35)30-21-6-5-18(3)22(13-21)20-11-25(29-19(4)16-34)32-26(12-20)33-7-9-36-10-8-33/h5-6,11-15,19,34H,1,7-10,16H2,2-4H3,(H,29,32)(H,30,35)/t19-/m1/s1. The van der Waals surface area contributed by atoms with Gasteiger partial charge in [-0.1, -0.05) is 12.6 Å². The van der Waals surface area contributed by atoms with Gasteiger partial charge in [0.25, 0.3) is 5.91 Å². The van der Waals surface area contributed by atoms with Crippen LogP contribution in [0, 0.1) is 6.92 Å². The van der Waals surface area contributed by atoms with Gasteiger partial charge in [-0.05, 0) is 67.3 Å². The lowest BCUT2D eigenvalue weighted by Crippen LogP contribution is -2.37. The van der Waals surface area contributed by atoms with Crippen molar-refractivity contribution in [3.63, 3.8) is 0 Å². The Morgan fingerprint density at radius 1 is 1.17 bits per heavy atom. The van der Waals surface area contributed by atoms with Crippen molar-refractivity contribution in [1.29, 1.82) is 0 Å². The van der Waals surface area contributed by atoms with Crippen LogP contribution in [0.5, 0.6) is 0 Å². The SMILES string of the molecule is C=C(C)c1cncc(C(=O)Nc2ccc(C)c(-c3cc(N[C@H](C)CO)nc(N4CCOCC4)c3)c2)n1. The molecule has 4 rings (SSSR count). The van der Waals surface area contributed by atoms with E-state index in [1.807, 2.05) is 45.0 Å². The molecular formula is C27H32N6O3. The number of pyridine rings is 1. The summed E-state index contributed by atoms with van der Waals surface area (Å²) in [4.78, 5) is 28.3. The number of aromatic nitrogens is 3. The van der Waals surface area contributed by atoms with E-state index in [9.17, 15) is 9.90 Å². The van der Waals surface area contributed by atoms with Gasteiger partial charge in [0.1, 0.15) is 17.3 Å². The van der Waals surface area contributed by atoms with E-state index in [1.54, 1.807) is 6.20 Å². The predicted octanol–water partition coefficient (Wildman–Crippen LogP) is 3.76. The van der Waals surface area contributed by atoms with E-state index >= 15 is 0 Å². The second kappa shape index (κ2) is 11.3. The van der Waals surface area contributed by atoms with Crippen molar-refractivity contribution in [2.45, 2.75) is 26.8 Å². The maximum atomic E-state index is 12.9. The van der Waals surface area contributed by atoms with Crippen LogP contribution in [0.25, 0.3) is 16.7 Å². The molecule has 1 fully saturated rings. The lowest BCUT2D eigenvalue weighted by atomic mass is 10.00. The van der Waals surface area contributed by atoms with E-state index in [0.29, 0.717) is 30.4 Å². The summed E-state index contributed by atoms with van der Waals surface area (Å²) in [6.07, 6.45) is 3.02. The van der Waals surface area contributed by atoms with Crippen molar-refractivity contribution in [3.05, 3.63) is 66.3 Å². The average Bonchev–Trinajstić information content (AvgIpc) is 2.90. The largest absolute Gasteiger partial charge is 0.394 e. The van der Waals surface area contributed by atoms with Crippen molar-refractivity contribution in [3.8, 4) is 11.1 Å². The number of hydrogen-bond donors (Lipinski definition) is 3. The minimum absolute atomic E-state index is 0.00515. The number of ether oxygens (including phenoxy) is 1. The number of aliphatic hydroxyl groups is 1. The third-order valence-corrected chi connectivity index (χ3v) is 5.93. The number of morpholine rings is 1. The highest BCUT2D eigenvalue weighted by atomic mass is 16.5. The van der Waals surface area contributed by atoms with Gasteiger partial charge in [0.2, 0.25) is 0 Å². The topological polar surface area (TPSA) is 112 Å². The number of anilines is 3. The molecule has 0 unspecified atom stereocenters. The number of carbonyl (C=O) groups is 1. The van der Waals surface area contributed by atoms with E-state index in [0.717, 1.165) is 41.2 Å². The van der Waals surface area contributed by atoms with Gasteiger partial charge in [0.15, 0.2) is 0 Å². The van der Waals surface area contributed by atoms with Crippen LogP contribution in [0.15, 0.2) is 49.3 Å². The maximum absolute atomic E-state index is 12.9. The Morgan fingerprint density at radius 3 is 2.64 bits per heavy atom. The number of aryl methyl sites for hydroxylation is 1. The minimum atomic E-state index is -0.344. The van der Waals surface area contributed by atoms with Crippen molar-refractivity contribution in [2.24, 2.45) is 0 Å². The lowest BCUT2D eigenvalue weighted by Gasteiger charge is -2.29. The van der Waals surface area contributed by atoms with Crippen molar-refractivity contribution >= 4 is 28.8 Å². The van der Waals surface area contributed by atoms with Crippen LogP contribution in [-0.4, -0.2) is 64.9 Å². The molecule has 1 amide bonds. The summed E-state index contributed by atoms with van der Waals surface area (Å²) >= 11 is 0. The minimum Gasteiger partial charge on any atom is -0.394 e. The van der Waals surface area contributed by atoms with Crippen LogP contribution >= 0.6 is 0 Å². The quantitative estimate of drug-likeness (QED) is 0.439. The number of nitrogens with one attached hydrogen (secondary N) is 2. The fourth-order valence-electron chi connectivity index (χ4n) is 3.88. The molecule has 0 radical (unpaired) electrons. The zero-order valence-corrected chi connectivity index (χ0v) is 20.9. The van der Waals surface area contributed by atoms with Gasteiger partial charge >= 0.3 is 0 Å². The van der Waals surface area contributed by atoms with Crippen molar-refractivity contribution in [1.82, 2.24) is 15.0 Å². The molecule has 0 saturated carbocycles. The molecule has 1 saturated heterocycles. The third kappa shape index (κ3) is 6.05. The molecule has 3 N–H and O–H groups in total. The predicted molar refractivity (Wildman–Crippen MR) is 142 cm³/mol. The summed E-state index contributed by atoms with van der Waals surface area (Å²) in [5.41, 5.74) is 5.16. The molecule has 0 bridgehead atoms. The molecule has 1 atom stereocenters. The van der Waals surface area contributed by atoms with E-state index < -0.39 is 0 Å². The number of benzene rings is 1. The zero-order valence-electron chi connectivity index (χ0n) is 20.9. The fourth-order valence-corrected chi connectivity index (χ4v) is 3.88. The normalized spacial score (nSPS) is 14.3. The number of allylic oxidation sites excluding steroid dienone is 1. The number of hydrogen-bond acceptors (Lipinski definition) is 8. The van der Waals surface area contributed by atoms with E-state index in [2.05, 4.69) is 38.1 Å². The molecule has 36 heavy (non-hydrogen) atoms. The van der Waals surface area contributed by atoms with Gasteiger partial charge in [-0.25, -0.2) is 9.97 Å². The summed E-state index contributed by atoms with van der Waals surface area (Å²) < 4.78 is 5.50. The summed E-state index contributed by atoms with van der Waals surface area (Å²) in [6.45, 7) is 12.4. The first-order valence-electron chi connectivity index (χ1n) is 12.0. The Labute approximate surface area is 211 Å². The highest BCUT2D eigenvalue weighted by Crippen LogP contribution is 2.31. The van der Waals surface area contributed by atoms with Crippen LogP contribution in [0.2, 0.25) is 0 Å². The van der Waals surface area contributed by atoms with E-state index in [1.165, 1.54) is 6.20 Å². The number of rotatable bonds is 8. The Hall–Kier alpha value is -3.82. The summed E-state index contributed by atoms with van der Waals surface area (Å²) in [7, 11) is 0. The van der Waals surface area contributed by atoms with Gasteiger partial charge in [0, 0.05) is 24.8 Å². The Bertz CT molecular complexity index is 1260.